The third-order valence-corrected chi connectivity index (χ3v) is 5.92. The van der Waals surface area contributed by atoms with Crippen molar-refractivity contribution in [2.45, 2.75) is 69.7 Å². The number of phenolic OH excluding ortho intramolecular Hbond substituents is 1. The first-order chi connectivity index (χ1) is 13.8. The summed E-state index contributed by atoms with van der Waals surface area (Å²) in [6, 6.07) is 2.87. The standard InChI is InChI=1S/C21H24F3N3O2/c22-21(23,24)12-9-10-15(18(29)11-12)19-13-5-1-2-6-14(13)20(27-26-19)25-16-7-3-4-8-17(16)28/h9-11,16-17,28-29H,1-8H2,(H,25,27)/t16-,17-/m1/s1. The molecular formula is C21H24F3N3O2. The second-order valence-electron chi connectivity index (χ2n) is 7.89. The van der Waals surface area contributed by atoms with Gasteiger partial charge in [0.25, 0.3) is 0 Å². The average molecular weight is 407 g/mol. The van der Waals surface area contributed by atoms with Crippen LogP contribution in [-0.4, -0.2) is 32.6 Å². The Morgan fingerprint density at radius 2 is 1.69 bits per heavy atom. The van der Waals surface area contributed by atoms with Gasteiger partial charge in [0.05, 0.1) is 17.7 Å². The first-order valence-electron chi connectivity index (χ1n) is 10.1. The number of aliphatic hydroxyl groups excluding tert-OH is 1. The topological polar surface area (TPSA) is 78.3 Å². The Balaban J connectivity index is 1.71. The minimum absolute atomic E-state index is 0.0746. The van der Waals surface area contributed by atoms with Gasteiger partial charge in [-0.15, -0.1) is 10.2 Å². The molecule has 1 aromatic heterocycles. The second-order valence-corrected chi connectivity index (χ2v) is 7.89. The molecule has 0 aliphatic heterocycles. The molecule has 156 valence electrons. The van der Waals surface area contributed by atoms with Crippen molar-refractivity contribution in [3.8, 4) is 17.0 Å². The van der Waals surface area contributed by atoms with E-state index in [1.807, 2.05) is 0 Å². The SMILES string of the molecule is Oc1cc(C(F)(F)F)ccc1-c1nnc(N[C@@H]2CCCC[C@H]2O)c2c1CCCC2. The number of aromatic nitrogens is 2. The van der Waals surface area contributed by atoms with Crippen LogP contribution in [0.2, 0.25) is 0 Å². The number of hydrogen-bond donors (Lipinski definition) is 3. The second kappa shape index (κ2) is 7.82. The van der Waals surface area contributed by atoms with E-state index in [1.165, 1.54) is 6.07 Å². The first-order valence-corrected chi connectivity index (χ1v) is 10.1. The number of anilines is 1. The van der Waals surface area contributed by atoms with Crippen molar-refractivity contribution in [3.63, 3.8) is 0 Å². The number of alkyl halides is 3. The summed E-state index contributed by atoms with van der Waals surface area (Å²) in [5.41, 5.74) is 1.69. The molecule has 3 N–H and O–H groups in total. The molecule has 2 aliphatic carbocycles. The Morgan fingerprint density at radius 1 is 0.966 bits per heavy atom. The van der Waals surface area contributed by atoms with Crippen molar-refractivity contribution in [1.82, 2.24) is 10.2 Å². The molecule has 8 heteroatoms. The Bertz CT molecular complexity index is 901. The van der Waals surface area contributed by atoms with Gasteiger partial charge in [-0.05, 0) is 62.3 Å². The summed E-state index contributed by atoms with van der Waals surface area (Å²) in [7, 11) is 0. The van der Waals surface area contributed by atoms with Crippen LogP contribution in [0.4, 0.5) is 19.0 Å². The van der Waals surface area contributed by atoms with Crippen molar-refractivity contribution in [1.29, 1.82) is 0 Å². The van der Waals surface area contributed by atoms with Crippen LogP contribution in [0, 0.1) is 0 Å². The lowest BCUT2D eigenvalue weighted by molar-refractivity contribution is -0.137. The summed E-state index contributed by atoms with van der Waals surface area (Å²) >= 11 is 0. The maximum absolute atomic E-state index is 12.9. The summed E-state index contributed by atoms with van der Waals surface area (Å²) in [5.74, 6) is 0.186. The van der Waals surface area contributed by atoms with Crippen LogP contribution in [0.3, 0.4) is 0 Å². The van der Waals surface area contributed by atoms with Gasteiger partial charge in [0.15, 0.2) is 5.82 Å². The van der Waals surface area contributed by atoms with Crippen LogP contribution in [0.1, 0.15) is 55.2 Å². The van der Waals surface area contributed by atoms with Crippen LogP contribution in [0.15, 0.2) is 18.2 Å². The average Bonchev–Trinajstić information content (AvgIpc) is 2.69. The zero-order valence-electron chi connectivity index (χ0n) is 16.0. The van der Waals surface area contributed by atoms with Crippen LogP contribution < -0.4 is 5.32 Å². The highest BCUT2D eigenvalue weighted by Gasteiger charge is 2.32. The van der Waals surface area contributed by atoms with Crippen LogP contribution in [-0.2, 0) is 19.0 Å². The molecule has 5 nitrogen and oxygen atoms in total. The number of hydrogen-bond acceptors (Lipinski definition) is 5. The molecule has 29 heavy (non-hydrogen) atoms. The smallest absolute Gasteiger partial charge is 0.416 e. The minimum Gasteiger partial charge on any atom is -0.507 e. The van der Waals surface area contributed by atoms with E-state index in [-0.39, 0.29) is 11.6 Å². The fraction of sp³-hybridized carbons (Fsp3) is 0.524. The van der Waals surface area contributed by atoms with Gasteiger partial charge in [0, 0.05) is 11.1 Å². The van der Waals surface area contributed by atoms with E-state index in [1.54, 1.807) is 0 Å². The molecule has 0 saturated heterocycles. The fourth-order valence-electron chi connectivity index (χ4n) is 4.34. The van der Waals surface area contributed by atoms with Gasteiger partial charge in [-0.1, -0.05) is 12.8 Å². The van der Waals surface area contributed by atoms with E-state index >= 15 is 0 Å². The van der Waals surface area contributed by atoms with E-state index in [0.717, 1.165) is 74.6 Å². The molecule has 1 aromatic carbocycles. The molecule has 0 radical (unpaired) electrons. The van der Waals surface area contributed by atoms with E-state index < -0.39 is 23.6 Å². The number of nitrogens with zero attached hydrogens (tertiary/aromatic N) is 2. The number of phenols is 1. The fourth-order valence-corrected chi connectivity index (χ4v) is 4.34. The van der Waals surface area contributed by atoms with Gasteiger partial charge in [0.2, 0.25) is 0 Å². The molecule has 2 atom stereocenters. The molecular weight excluding hydrogens is 383 g/mol. The van der Waals surface area contributed by atoms with Crippen LogP contribution >= 0.6 is 0 Å². The van der Waals surface area contributed by atoms with Crippen LogP contribution in [0.25, 0.3) is 11.3 Å². The van der Waals surface area contributed by atoms with Crippen molar-refractivity contribution in [2.24, 2.45) is 0 Å². The lowest BCUT2D eigenvalue weighted by Crippen LogP contribution is -2.37. The Morgan fingerprint density at radius 3 is 2.38 bits per heavy atom. The molecule has 0 unspecified atom stereocenters. The highest BCUT2D eigenvalue weighted by atomic mass is 19.4. The van der Waals surface area contributed by atoms with Gasteiger partial charge >= 0.3 is 6.18 Å². The van der Waals surface area contributed by atoms with Crippen molar-refractivity contribution in [3.05, 3.63) is 34.9 Å². The highest BCUT2D eigenvalue weighted by Crippen LogP contribution is 2.40. The number of rotatable bonds is 3. The summed E-state index contributed by atoms with van der Waals surface area (Å²) < 4.78 is 38.7. The van der Waals surface area contributed by atoms with Crippen LogP contribution in [0.5, 0.6) is 5.75 Å². The minimum atomic E-state index is -4.52. The summed E-state index contributed by atoms with van der Waals surface area (Å²) in [5, 5.41) is 32.4. The Kier molecular flexibility index (Phi) is 5.38. The molecule has 0 bridgehead atoms. The van der Waals surface area contributed by atoms with E-state index in [4.69, 9.17) is 0 Å². The first kappa shape index (κ1) is 19.9. The summed E-state index contributed by atoms with van der Waals surface area (Å²) in [6.45, 7) is 0. The molecule has 4 rings (SSSR count). The normalized spacial score (nSPS) is 22.2. The number of fused-ring (bicyclic) bond motifs is 1. The summed E-state index contributed by atoms with van der Waals surface area (Å²) in [6.07, 6.45) is 2.16. The maximum atomic E-state index is 12.9. The van der Waals surface area contributed by atoms with Crippen molar-refractivity contribution < 1.29 is 23.4 Å². The predicted octanol–water partition coefficient (Wildman–Crippen LogP) is 4.46. The monoisotopic (exact) mass is 407 g/mol. The molecule has 1 fully saturated rings. The molecule has 1 heterocycles. The number of halogens is 3. The van der Waals surface area contributed by atoms with E-state index in [2.05, 4.69) is 15.5 Å². The number of aromatic hydroxyl groups is 1. The van der Waals surface area contributed by atoms with E-state index in [0.29, 0.717) is 11.5 Å². The Labute approximate surface area is 167 Å². The molecule has 1 saturated carbocycles. The molecule has 2 aliphatic rings. The third-order valence-electron chi connectivity index (χ3n) is 5.92. The van der Waals surface area contributed by atoms with Gasteiger partial charge in [-0.2, -0.15) is 13.2 Å². The highest BCUT2D eigenvalue weighted by molar-refractivity contribution is 5.73. The predicted molar refractivity (Wildman–Crippen MR) is 103 cm³/mol. The lowest BCUT2D eigenvalue weighted by atomic mass is 9.88. The zero-order chi connectivity index (χ0) is 20.6. The van der Waals surface area contributed by atoms with Crippen molar-refractivity contribution >= 4 is 5.82 Å². The number of nitrogens with one attached hydrogen (secondary N) is 1. The Hall–Kier alpha value is -2.35. The van der Waals surface area contributed by atoms with E-state index in [9.17, 15) is 23.4 Å². The van der Waals surface area contributed by atoms with Gasteiger partial charge < -0.3 is 15.5 Å². The molecule has 0 spiro atoms. The third kappa shape index (κ3) is 4.03. The van der Waals surface area contributed by atoms with Crippen molar-refractivity contribution in [2.75, 3.05) is 5.32 Å². The quantitative estimate of drug-likeness (QED) is 0.700. The number of aliphatic hydroxyl groups is 1. The molecule has 0 amide bonds. The lowest BCUT2D eigenvalue weighted by Gasteiger charge is -2.30. The van der Waals surface area contributed by atoms with Gasteiger partial charge in [0.1, 0.15) is 11.4 Å². The zero-order valence-corrected chi connectivity index (χ0v) is 16.0. The largest absolute Gasteiger partial charge is 0.507 e. The summed E-state index contributed by atoms with van der Waals surface area (Å²) in [4.78, 5) is 0. The molecule has 2 aromatic rings. The maximum Gasteiger partial charge on any atom is 0.416 e. The van der Waals surface area contributed by atoms with Gasteiger partial charge in [-0.3, -0.25) is 0 Å². The number of benzene rings is 1. The van der Waals surface area contributed by atoms with Gasteiger partial charge in [-0.25, -0.2) is 0 Å².